The van der Waals surface area contributed by atoms with Gasteiger partial charge in [-0.2, -0.15) is 0 Å². The maximum Gasteiger partial charge on any atom is 0.125 e. The zero-order valence-corrected chi connectivity index (χ0v) is 18.8. The van der Waals surface area contributed by atoms with E-state index in [1.54, 1.807) is 0 Å². The van der Waals surface area contributed by atoms with Crippen molar-refractivity contribution >= 4 is 6.29 Å². The molecule has 0 aliphatic heterocycles. The Labute approximate surface area is 166 Å². The minimum Gasteiger partial charge on any atom is -0.303 e. The van der Waals surface area contributed by atoms with Crippen LogP contribution in [0.25, 0.3) is 0 Å². The van der Waals surface area contributed by atoms with Gasteiger partial charge in [0.2, 0.25) is 0 Å². The first kappa shape index (κ1) is 25.7. The fraction of sp³-hybridized carbons (Fsp3) is 0.960. The van der Waals surface area contributed by atoms with Crippen LogP contribution in [-0.2, 0) is 4.79 Å². The maximum absolute atomic E-state index is 10.8. The van der Waals surface area contributed by atoms with E-state index in [1.807, 2.05) is 13.8 Å². The largest absolute Gasteiger partial charge is 0.303 e. The smallest absolute Gasteiger partial charge is 0.125 e. The van der Waals surface area contributed by atoms with Crippen molar-refractivity contribution in [1.29, 1.82) is 0 Å². The third-order valence-corrected chi connectivity index (χ3v) is 5.67. The second kappa shape index (κ2) is 18.1. The number of rotatable bonds is 20. The highest BCUT2D eigenvalue weighted by Gasteiger charge is 2.14. The summed E-state index contributed by atoms with van der Waals surface area (Å²) in [4.78, 5) is 10.8. The third-order valence-electron chi connectivity index (χ3n) is 5.67. The average molecular weight is 367 g/mol. The molecular formula is C25H50O. The molecule has 0 aliphatic rings. The molecule has 0 aromatic heterocycles. The van der Waals surface area contributed by atoms with Crippen LogP contribution in [0.2, 0.25) is 0 Å². The Morgan fingerprint density at radius 3 is 1.19 bits per heavy atom. The van der Waals surface area contributed by atoms with Crippen LogP contribution in [0, 0.1) is 11.3 Å². The van der Waals surface area contributed by atoms with E-state index in [4.69, 9.17) is 0 Å². The molecule has 0 aromatic carbocycles. The van der Waals surface area contributed by atoms with Crippen LogP contribution in [0.15, 0.2) is 0 Å². The molecule has 0 heterocycles. The monoisotopic (exact) mass is 366 g/mol. The lowest BCUT2D eigenvalue weighted by atomic mass is 9.88. The first-order chi connectivity index (χ1) is 12.5. The quantitative estimate of drug-likeness (QED) is 0.155. The summed E-state index contributed by atoms with van der Waals surface area (Å²) in [5.74, 6) is 0.885. The van der Waals surface area contributed by atoms with Crippen molar-refractivity contribution in [2.45, 2.75) is 143 Å². The summed E-state index contributed by atoms with van der Waals surface area (Å²) in [6, 6.07) is 0. The SMILES string of the molecule is CC(C)CCCCCCCCCCCCCCCCCCC(C)(C)C=O. The molecule has 0 saturated heterocycles. The Bertz CT molecular complexity index is 293. The first-order valence-electron chi connectivity index (χ1n) is 11.9. The molecule has 0 bridgehead atoms. The molecule has 0 rings (SSSR count). The Kier molecular flexibility index (Phi) is 17.8. The van der Waals surface area contributed by atoms with Crippen molar-refractivity contribution < 1.29 is 4.79 Å². The van der Waals surface area contributed by atoms with Gasteiger partial charge in [0.1, 0.15) is 6.29 Å². The lowest BCUT2D eigenvalue weighted by Gasteiger charge is -2.15. The lowest BCUT2D eigenvalue weighted by Crippen LogP contribution is -2.12. The lowest BCUT2D eigenvalue weighted by molar-refractivity contribution is -0.115. The van der Waals surface area contributed by atoms with Gasteiger partial charge in [-0.1, -0.05) is 137 Å². The van der Waals surface area contributed by atoms with Crippen molar-refractivity contribution in [2.24, 2.45) is 11.3 Å². The zero-order valence-electron chi connectivity index (χ0n) is 18.8. The Morgan fingerprint density at radius 2 is 0.885 bits per heavy atom. The molecule has 0 fully saturated rings. The predicted octanol–water partition coefficient (Wildman–Crippen LogP) is 8.89. The summed E-state index contributed by atoms with van der Waals surface area (Å²) < 4.78 is 0. The molecular weight excluding hydrogens is 316 g/mol. The molecule has 0 unspecified atom stereocenters. The molecule has 0 atom stereocenters. The number of unbranched alkanes of at least 4 members (excludes halogenated alkanes) is 15. The average Bonchev–Trinajstić information content (AvgIpc) is 2.60. The van der Waals surface area contributed by atoms with Crippen molar-refractivity contribution in [3.05, 3.63) is 0 Å². The van der Waals surface area contributed by atoms with Gasteiger partial charge in [-0.15, -0.1) is 0 Å². The van der Waals surface area contributed by atoms with Crippen molar-refractivity contribution in [3.63, 3.8) is 0 Å². The van der Waals surface area contributed by atoms with Gasteiger partial charge in [-0.3, -0.25) is 0 Å². The third kappa shape index (κ3) is 20.0. The number of aldehydes is 1. The van der Waals surface area contributed by atoms with Crippen LogP contribution in [0.3, 0.4) is 0 Å². The zero-order chi connectivity index (χ0) is 19.5. The van der Waals surface area contributed by atoms with Crippen LogP contribution in [0.1, 0.15) is 143 Å². The van der Waals surface area contributed by atoms with E-state index in [0.717, 1.165) is 18.6 Å². The molecule has 0 amide bonds. The minimum atomic E-state index is -0.103. The Hall–Kier alpha value is -0.330. The number of hydrogen-bond donors (Lipinski definition) is 0. The van der Waals surface area contributed by atoms with E-state index < -0.39 is 0 Å². The molecule has 0 saturated carbocycles. The fourth-order valence-electron chi connectivity index (χ4n) is 3.67. The normalized spacial score (nSPS) is 12.0. The molecule has 156 valence electrons. The van der Waals surface area contributed by atoms with Gasteiger partial charge in [-0.25, -0.2) is 0 Å². The highest BCUT2D eigenvalue weighted by atomic mass is 16.1. The standard InChI is InChI=1S/C25H50O/c1-24(2)21-19-17-15-13-11-9-7-5-6-8-10-12-14-16-18-20-22-25(3,4)23-26/h23-24H,5-22H2,1-4H3. The summed E-state index contributed by atoms with van der Waals surface area (Å²) in [5, 5.41) is 0. The van der Waals surface area contributed by atoms with Crippen LogP contribution in [0.4, 0.5) is 0 Å². The van der Waals surface area contributed by atoms with E-state index in [9.17, 15) is 4.79 Å². The van der Waals surface area contributed by atoms with Crippen LogP contribution < -0.4 is 0 Å². The van der Waals surface area contributed by atoms with E-state index in [-0.39, 0.29) is 5.41 Å². The molecule has 1 heteroatoms. The van der Waals surface area contributed by atoms with Crippen molar-refractivity contribution in [2.75, 3.05) is 0 Å². The van der Waals surface area contributed by atoms with Crippen LogP contribution in [-0.4, -0.2) is 6.29 Å². The molecule has 1 nitrogen and oxygen atoms in total. The highest BCUT2D eigenvalue weighted by Crippen LogP contribution is 2.21. The topological polar surface area (TPSA) is 17.1 Å². The van der Waals surface area contributed by atoms with Gasteiger partial charge < -0.3 is 4.79 Å². The summed E-state index contributed by atoms with van der Waals surface area (Å²) in [7, 11) is 0. The molecule has 0 spiro atoms. The van der Waals surface area contributed by atoms with Gasteiger partial charge in [0.15, 0.2) is 0 Å². The number of carbonyl (C=O) groups is 1. The van der Waals surface area contributed by atoms with E-state index >= 15 is 0 Å². The van der Waals surface area contributed by atoms with Gasteiger partial charge >= 0.3 is 0 Å². The van der Waals surface area contributed by atoms with E-state index in [2.05, 4.69) is 13.8 Å². The molecule has 0 N–H and O–H groups in total. The van der Waals surface area contributed by atoms with Gasteiger partial charge in [0.05, 0.1) is 0 Å². The summed E-state index contributed by atoms with van der Waals surface area (Å²) >= 11 is 0. The highest BCUT2D eigenvalue weighted by molar-refractivity contribution is 5.57. The van der Waals surface area contributed by atoms with E-state index in [1.165, 1.54) is 109 Å². The summed E-state index contributed by atoms with van der Waals surface area (Å²) in [5.41, 5.74) is -0.103. The summed E-state index contributed by atoms with van der Waals surface area (Å²) in [6.07, 6.45) is 26.2. The van der Waals surface area contributed by atoms with Crippen LogP contribution in [0.5, 0.6) is 0 Å². The van der Waals surface area contributed by atoms with Crippen molar-refractivity contribution in [3.8, 4) is 0 Å². The molecule has 0 aliphatic carbocycles. The second-order valence-corrected chi connectivity index (χ2v) is 9.70. The Morgan fingerprint density at radius 1 is 0.577 bits per heavy atom. The van der Waals surface area contributed by atoms with Gasteiger partial charge in [-0.05, 0) is 12.3 Å². The second-order valence-electron chi connectivity index (χ2n) is 9.70. The fourth-order valence-corrected chi connectivity index (χ4v) is 3.67. The Balaban J connectivity index is 3.08. The summed E-state index contributed by atoms with van der Waals surface area (Å²) in [6.45, 7) is 8.76. The minimum absolute atomic E-state index is 0.103. The first-order valence-corrected chi connectivity index (χ1v) is 11.9. The predicted molar refractivity (Wildman–Crippen MR) is 118 cm³/mol. The maximum atomic E-state index is 10.8. The molecule has 26 heavy (non-hydrogen) atoms. The van der Waals surface area contributed by atoms with E-state index in [0.29, 0.717) is 0 Å². The molecule has 0 radical (unpaired) electrons. The van der Waals surface area contributed by atoms with Gasteiger partial charge in [0, 0.05) is 5.41 Å². The van der Waals surface area contributed by atoms with Gasteiger partial charge in [0.25, 0.3) is 0 Å². The number of carbonyl (C=O) groups excluding carboxylic acids is 1. The number of hydrogen-bond acceptors (Lipinski definition) is 1. The van der Waals surface area contributed by atoms with Crippen molar-refractivity contribution in [1.82, 2.24) is 0 Å². The van der Waals surface area contributed by atoms with Crippen LogP contribution >= 0.6 is 0 Å². The molecule has 0 aromatic rings.